The third kappa shape index (κ3) is 2.46. The summed E-state index contributed by atoms with van der Waals surface area (Å²) in [6.45, 7) is 5.64. The van der Waals surface area contributed by atoms with Crippen LogP contribution in [-0.2, 0) is 0 Å². The molecule has 18 heavy (non-hydrogen) atoms. The largest absolute Gasteiger partial charge is 0.292 e. The molecule has 0 N–H and O–H groups in total. The lowest BCUT2D eigenvalue weighted by atomic mass is 10.0. The molecule has 2 rings (SSSR count). The van der Waals surface area contributed by atoms with Crippen molar-refractivity contribution in [2.75, 3.05) is 0 Å². The fraction of sp³-hybridized carbons (Fsp3) is 0.286. The number of rotatable bonds is 3. The van der Waals surface area contributed by atoms with Gasteiger partial charge in [-0.25, -0.2) is 0 Å². The van der Waals surface area contributed by atoms with E-state index in [0.29, 0.717) is 10.6 Å². The Balaban J connectivity index is 2.26. The third-order valence-electron chi connectivity index (χ3n) is 2.97. The summed E-state index contributed by atoms with van der Waals surface area (Å²) in [6.07, 6.45) is 1.69. The highest BCUT2D eigenvalue weighted by molar-refractivity contribution is 6.31. The van der Waals surface area contributed by atoms with Crippen LogP contribution in [0.3, 0.4) is 0 Å². The molecule has 0 saturated carbocycles. The first-order chi connectivity index (χ1) is 8.49. The topological polar surface area (TPSA) is 34.9 Å². The summed E-state index contributed by atoms with van der Waals surface area (Å²) in [7, 11) is 0. The van der Waals surface area contributed by atoms with Crippen LogP contribution in [0.2, 0.25) is 5.02 Å². The minimum absolute atomic E-state index is 0.0363. The normalized spacial score (nSPS) is 12.4. The van der Waals surface area contributed by atoms with Crippen LogP contribution >= 0.6 is 11.6 Å². The van der Waals surface area contributed by atoms with Gasteiger partial charge in [-0.3, -0.25) is 9.48 Å². The monoisotopic (exact) mass is 262 g/mol. The van der Waals surface area contributed by atoms with E-state index in [-0.39, 0.29) is 11.8 Å². The zero-order valence-corrected chi connectivity index (χ0v) is 11.4. The van der Waals surface area contributed by atoms with Gasteiger partial charge >= 0.3 is 0 Å². The van der Waals surface area contributed by atoms with E-state index in [9.17, 15) is 4.79 Å². The van der Waals surface area contributed by atoms with Crippen molar-refractivity contribution >= 4 is 17.4 Å². The Morgan fingerprint density at radius 3 is 2.39 bits per heavy atom. The number of hydrogen-bond donors (Lipinski definition) is 0. The van der Waals surface area contributed by atoms with Gasteiger partial charge in [0.25, 0.3) is 0 Å². The van der Waals surface area contributed by atoms with Gasteiger partial charge in [-0.2, -0.15) is 5.10 Å². The van der Waals surface area contributed by atoms with E-state index >= 15 is 0 Å². The lowest BCUT2D eigenvalue weighted by molar-refractivity contribution is 0.0928. The van der Waals surface area contributed by atoms with Gasteiger partial charge in [0.1, 0.15) is 6.04 Å². The fourth-order valence-corrected chi connectivity index (χ4v) is 1.87. The number of ketones is 1. The number of aryl methyl sites for hydroxylation is 2. The molecule has 0 spiro atoms. The maximum absolute atomic E-state index is 12.3. The van der Waals surface area contributed by atoms with Crippen LogP contribution in [0.15, 0.2) is 30.5 Å². The molecule has 0 aliphatic rings. The highest BCUT2D eigenvalue weighted by Crippen LogP contribution is 2.19. The second-order valence-electron chi connectivity index (χ2n) is 4.45. The molecule has 0 saturated heterocycles. The summed E-state index contributed by atoms with van der Waals surface area (Å²) < 4.78 is 1.61. The van der Waals surface area contributed by atoms with Crippen LogP contribution in [0.4, 0.5) is 0 Å². The summed E-state index contributed by atoms with van der Waals surface area (Å²) in [4.78, 5) is 12.3. The van der Waals surface area contributed by atoms with Crippen molar-refractivity contribution in [1.29, 1.82) is 0 Å². The number of Topliss-reactive ketones (excluding diaryl/α,β-unsaturated/α-hetero) is 1. The van der Waals surface area contributed by atoms with Crippen molar-refractivity contribution in [3.05, 3.63) is 52.3 Å². The molecule has 2 aromatic rings. The van der Waals surface area contributed by atoms with Crippen molar-refractivity contribution in [3.8, 4) is 0 Å². The van der Waals surface area contributed by atoms with E-state index in [0.717, 1.165) is 11.3 Å². The molecule has 4 heteroatoms. The Bertz CT molecular complexity index is 552. The molecule has 94 valence electrons. The van der Waals surface area contributed by atoms with Gasteiger partial charge in [0.05, 0.1) is 10.7 Å². The molecular weight excluding hydrogens is 248 g/mol. The number of hydrogen-bond acceptors (Lipinski definition) is 2. The van der Waals surface area contributed by atoms with E-state index in [1.54, 1.807) is 10.9 Å². The molecule has 0 radical (unpaired) electrons. The van der Waals surface area contributed by atoms with Crippen molar-refractivity contribution in [2.45, 2.75) is 26.8 Å². The van der Waals surface area contributed by atoms with Crippen molar-refractivity contribution in [3.63, 3.8) is 0 Å². The highest BCUT2D eigenvalue weighted by Gasteiger charge is 2.18. The molecule has 1 atom stereocenters. The smallest absolute Gasteiger partial charge is 0.187 e. The molecule has 0 aliphatic heterocycles. The Hall–Kier alpha value is -1.61. The average molecular weight is 263 g/mol. The lowest BCUT2D eigenvalue weighted by Gasteiger charge is -2.11. The fourth-order valence-electron chi connectivity index (χ4n) is 1.74. The molecule has 1 heterocycles. The van der Waals surface area contributed by atoms with E-state index < -0.39 is 0 Å². The predicted molar refractivity (Wildman–Crippen MR) is 72.2 cm³/mol. The molecule has 0 amide bonds. The average Bonchev–Trinajstić information content (AvgIpc) is 2.69. The van der Waals surface area contributed by atoms with Gasteiger partial charge in [-0.15, -0.1) is 0 Å². The number of aromatic nitrogens is 2. The van der Waals surface area contributed by atoms with Crippen molar-refractivity contribution < 1.29 is 4.79 Å². The van der Waals surface area contributed by atoms with Crippen LogP contribution in [0, 0.1) is 13.8 Å². The highest BCUT2D eigenvalue weighted by atomic mass is 35.5. The van der Waals surface area contributed by atoms with Crippen molar-refractivity contribution in [2.24, 2.45) is 0 Å². The molecule has 0 aliphatic carbocycles. The maximum Gasteiger partial charge on any atom is 0.187 e. The van der Waals surface area contributed by atoms with Gasteiger partial charge in [-0.1, -0.05) is 41.4 Å². The first-order valence-corrected chi connectivity index (χ1v) is 6.19. The minimum atomic E-state index is -0.348. The van der Waals surface area contributed by atoms with Crippen LogP contribution < -0.4 is 0 Å². The first-order valence-electron chi connectivity index (χ1n) is 5.81. The SMILES string of the molecule is Cc1ccc(C(=O)C(C)n2cc(Cl)c(C)n2)cc1. The van der Waals surface area contributed by atoms with Crippen molar-refractivity contribution in [1.82, 2.24) is 9.78 Å². The molecule has 3 nitrogen and oxygen atoms in total. The summed E-state index contributed by atoms with van der Waals surface area (Å²) in [5.74, 6) is 0.0363. The Morgan fingerprint density at radius 1 is 1.28 bits per heavy atom. The zero-order chi connectivity index (χ0) is 13.3. The van der Waals surface area contributed by atoms with E-state index in [1.807, 2.05) is 45.0 Å². The van der Waals surface area contributed by atoms with Gasteiger partial charge in [0.2, 0.25) is 0 Å². The van der Waals surface area contributed by atoms with E-state index in [2.05, 4.69) is 5.10 Å². The molecule has 0 bridgehead atoms. The lowest BCUT2D eigenvalue weighted by Crippen LogP contribution is -2.17. The summed E-state index contributed by atoms with van der Waals surface area (Å²) >= 11 is 5.95. The first kappa shape index (κ1) is 12.8. The van der Waals surface area contributed by atoms with Crippen LogP contribution in [-0.4, -0.2) is 15.6 Å². The summed E-state index contributed by atoms with van der Waals surface area (Å²) in [5.41, 5.74) is 2.56. The zero-order valence-electron chi connectivity index (χ0n) is 10.6. The summed E-state index contributed by atoms with van der Waals surface area (Å²) in [5, 5.41) is 4.82. The number of nitrogens with zero attached hydrogens (tertiary/aromatic N) is 2. The van der Waals surface area contributed by atoms with Gasteiger partial charge in [-0.05, 0) is 20.8 Å². The van der Waals surface area contributed by atoms with Gasteiger partial charge < -0.3 is 0 Å². The second-order valence-corrected chi connectivity index (χ2v) is 4.86. The molecular formula is C14H15ClN2O. The number of benzene rings is 1. The van der Waals surface area contributed by atoms with Crippen LogP contribution in [0.1, 0.15) is 34.6 Å². The third-order valence-corrected chi connectivity index (χ3v) is 3.34. The Kier molecular flexibility index (Phi) is 3.53. The Labute approximate surface area is 111 Å². The molecule has 0 fully saturated rings. The molecule has 1 aromatic heterocycles. The molecule has 1 unspecified atom stereocenters. The Morgan fingerprint density at radius 2 is 1.89 bits per heavy atom. The number of carbonyl (C=O) groups is 1. The second kappa shape index (κ2) is 4.94. The quantitative estimate of drug-likeness (QED) is 0.792. The predicted octanol–water partition coefficient (Wildman–Crippen LogP) is 3.60. The minimum Gasteiger partial charge on any atom is -0.292 e. The van der Waals surface area contributed by atoms with E-state index in [1.165, 1.54) is 0 Å². The number of halogens is 1. The standard InChI is InChI=1S/C14H15ClN2O/c1-9-4-6-12(7-5-9)14(18)11(3)17-8-13(15)10(2)16-17/h4-8,11H,1-3H3. The maximum atomic E-state index is 12.3. The van der Waals surface area contributed by atoms with Crippen LogP contribution in [0.25, 0.3) is 0 Å². The van der Waals surface area contributed by atoms with Gasteiger partial charge in [0.15, 0.2) is 5.78 Å². The summed E-state index contributed by atoms with van der Waals surface area (Å²) in [6, 6.07) is 7.19. The molecule has 1 aromatic carbocycles. The van der Waals surface area contributed by atoms with E-state index in [4.69, 9.17) is 11.6 Å². The van der Waals surface area contributed by atoms with Gasteiger partial charge in [0, 0.05) is 11.8 Å². The number of carbonyl (C=O) groups excluding carboxylic acids is 1. The van der Waals surface area contributed by atoms with Crippen LogP contribution in [0.5, 0.6) is 0 Å².